The molecule has 2 heteroatoms. The van der Waals surface area contributed by atoms with Crippen LogP contribution in [0.1, 0.15) is 0 Å². The van der Waals surface area contributed by atoms with Gasteiger partial charge < -0.3 is 4.52 Å². The van der Waals surface area contributed by atoms with Gasteiger partial charge in [0.25, 0.3) is 0 Å². The molecule has 8 heavy (non-hydrogen) atoms. The molecule has 0 aliphatic rings. The third kappa shape index (κ3) is 0.320. The molecule has 1 radical (unpaired) electrons. The standard InChI is InChI=1S/C6H4NO/c1-2-6-3-5-8-7(6)4-1/h1-2,4-5H. The van der Waals surface area contributed by atoms with Gasteiger partial charge in [-0.25, -0.2) is 0 Å². The molecule has 0 aromatic carbocycles. The first kappa shape index (κ1) is 3.78. The second kappa shape index (κ2) is 1.15. The van der Waals surface area contributed by atoms with Crippen LogP contribution in [0.15, 0.2) is 29.1 Å². The molecule has 2 aromatic rings. The van der Waals surface area contributed by atoms with Gasteiger partial charge in [-0.1, -0.05) is 0 Å². The highest BCUT2D eigenvalue weighted by molar-refractivity contribution is 5.42. The SMILES string of the molecule is [c]1con2cccc12. The van der Waals surface area contributed by atoms with Crippen LogP contribution in [-0.4, -0.2) is 4.57 Å². The van der Waals surface area contributed by atoms with E-state index in [1.54, 1.807) is 4.57 Å². The van der Waals surface area contributed by atoms with Crippen LogP contribution in [0.2, 0.25) is 0 Å². The Hall–Kier alpha value is -1.18. The van der Waals surface area contributed by atoms with E-state index < -0.39 is 0 Å². The number of hydrogen-bond donors (Lipinski definition) is 0. The van der Waals surface area contributed by atoms with Crippen molar-refractivity contribution in [1.29, 1.82) is 0 Å². The summed E-state index contributed by atoms with van der Waals surface area (Å²) in [6.07, 6.45) is 3.38. The third-order valence-corrected chi connectivity index (χ3v) is 1.09. The van der Waals surface area contributed by atoms with E-state index in [2.05, 4.69) is 6.07 Å². The lowest BCUT2D eigenvalue weighted by Gasteiger charge is -1.74. The lowest BCUT2D eigenvalue weighted by molar-refractivity contribution is 0.377. The molecule has 0 aliphatic heterocycles. The van der Waals surface area contributed by atoms with Crippen molar-refractivity contribution in [3.63, 3.8) is 0 Å². The van der Waals surface area contributed by atoms with E-state index in [-0.39, 0.29) is 0 Å². The summed E-state index contributed by atoms with van der Waals surface area (Å²) in [5.74, 6) is 0. The van der Waals surface area contributed by atoms with Crippen molar-refractivity contribution >= 4 is 5.52 Å². The predicted octanol–water partition coefficient (Wildman–Crippen LogP) is 1.33. The van der Waals surface area contributed by atoms with E-state index in [0.29, 0.717) is 0 Å². The average molecular weight is 106 g/mol. The summed E-state index contributed by atoms with van der Waals surface area (Å²) in [6.45, 7) is 0. The van der Waals surface area contributed by atoms with Crippen molar-refractivity contribution in [3.05, 3.63) is 30.7 Å². The molecule has 0 saturated heterocycles. The summed E-state index contributed by atoms with van der Waals surface area (Å²) in [5, 5.41) is 0. The minimum absolute atomic E-state index is 0.977. The zero-order valence-corrected chi connectivity index (χ0v) is 4.16. The number of nitrogens with zero attached hydrogens (tertiary/aromatic N) is 1. The first-order chi connectivity index (χ1) is 3.97. The van der Waals surface area contributed by atoms with Crippen LogP contribution in [0.4, 0.5) is 0 Å². The fourth-order valence-corrected chi connectivity index (χ4v) is 0.713. The number of aromatic nitrogens is 1. The number of rotatable bonds is 0. The van der Waals surface area contributed by atoms with Crippen LogP contribution in [-0.2, 0) is 0 Å². The van der Waals surface area contributed by atoms with Gasteiger partial charge >= 0.3 is 0 Å². The largest absolute Gasteiger partial charge is 0.382 e. The van der Waals surface area contributed by atoms with Crippen LogP contribution in [0.25, 0.3) is 5.52 Å². The van der Waals surface area contributed by atoms with Gasteiger partial charge in [-0.05, 0) is 12.1 Å². The molecule has 0 aliphatic carbocycles. The fraction of sp³-hybridized carbons (Fsp3) is 0. The minimum Gasteiger partial charge on any atom is -0.382 e. The topological polar surface area (TPSA) is 17.6 Å². The zero-order valence-electron chi connectivity index (χ0n) is 4.16. The summed E-state index contributed by atoms with van der Waals surface area (Å²) in [4.78, 5) is 0. The van der Waals surface area contributed by atoms with Gasteiger partial charge in [0.2, 0.25) is 0 Å². The monoisotopic (exact) mass is 106 g/mol. The van der Waals surface area contributed by atoms with Crippen molar-refractivity contribution in [3.8, 4) is 0 Å². The normalized spacial score (nSPS) is 10.5. The van der Waals surface area contributed by atoms with E-state index in [4.69, 9.17) is 4.52 Å². The Morgan fingerprint density at radius 2 is 2.62 bits per heavy atom. The van der Waals surface area contributed by atoms with Gasteiger partial charge in [0.15, 0.2) is 0 Å². The molecular weight excluding hydrogens is 102 g/mol. The van der Waals surface area contributed by atoms with E-state index in [9.17, 15) is 0 Å². The smallest absolute Gasteiger partial charge is 0.130 e. The van der Waals surface area contributed by atoms with Crippen molar-refractivity contribution in [2.24, 2.45) is 0 Å². The van der Waals surface area contributed by atoms with Gasteiger partial charge in [0.1, 0.15) is 6.26 Å². The lowest BCUT2D eigenvalue weighted by Crippen LogP contribution is -1.65. The summed E-state index contributed by atoms with van der Waals surface area (Å²) < 4.78 is 6.57. The van der Waals surface area contributed by atoms with E-state index >= 15 is 0 Å². The van der Waals surface area contributed by atoms with Crippen LogP contribution >= 0.6 is 0 Å². The quantitative estimate of drug-likeness (QED) is 0.495. The number of fused-ring (bicyclic) bond motifs is 1. The Bertz CT molecular complexity index is 230. The molecule has 2 aromatic heterocycles. The Balaban J connectivity index is 3.06. The molecule has 0 N–H and O–H groups in total. The van der Waals surface area contributed by atoms with Crippen LogP contribution in [0.3, 0.4) is 0 Å². The molecule has 0 bridgehead atoms. The van der Waals surface area contributed by atoms with Crippen molar-refractivity contribution in [2.45, 2.75) is 0 Å². The molecule has 0 saturated carbocycles. The van der Waals surface area contributed by atoms with Gasteiger partial charge in [0, 0.05) is 6.20 Å². The van der Waals surface area contributed by atoms with E-state index in [0.717, 1.165) is 5.52 Å². The molecule has 0 fully saturated rings. The second-order valence-electron chi connectivity index (χ2n) is 1.59. The zero-order chi connectivity index (χ0) is 5.40. The van der Waals surface area contributed by atoms with Gasteiger partial charge in [0.05, 0.1) is 11.6 Å². The highest BCUT2D eigenvalue weighted by Gasteiger charge is 1.88. The van der Waals surface area contributed by atoms with Crippen LogP contribution in [0, 0.1) is 6.07 Å². The molecule has 2 heterocycles. The maximum Gasteiger partial charge on any atom is 0.130 e. The van der Waals surface area contributed by atoms with Crippen molar-refractivity contribution in [1.82, 2.24) is 4.57 Å². The fourth-order valence-electron chi connectivity index (χ4n) is 0.713. The summed E-state index contributed by atoms with van der Waals surface area (Å²) in [7, 11) is 0. The highest BCUT2D eigenvalue weighted by Crippen LogP contribution is 2.01. The molecule has 0 unspecified atom stereocenters. The Labute approximate surface area is 46.3 Å². The summed E-state index contributed by atoms with van der Waals surface area (Å²) >= 11 is 0. The predicted molar refractivity (Wildman–Crippen MR) is 28.5 cm³/mol. The second-order valence-corrected chi connectivity index (χ2v) is 1.59. The maximum absolute atomic E-state index is 4.92. The molecule has 0 spiro atoms. The lowest BCUT2D eigenvalue weighted by atomic mass is 10.5. The van der Waals surface area contributed by atoms with Gasteiger partial charge in [-0.15, -0.1) is 0 Å². The van der Waals surface area contributed by atoms with Gasteiger partial charge in [-0.3, -0.25) is 0 Å². The molecule has 0 amide bonds. The van der Waals surface area contributed by atoms with Crippen molar-refractivity contribution in [2.75, 3.05) is 0 Å². The molecule has 0 atom stereocenters. The Kier molecular flexibility index (Phi) is 0.545. The first-order valence-corrected chi connectivity index (χ1v) is 2.39. The molecule has 2 rings (SSSR count). The Morgan fingerprint density at radius 3 is 3.50 bits per heavy atom. The van der Waals surface area contributed by atoms with Crippen LogP contribution < -0.4 is 0 Å². The number of hydrogen-bond acceptors (Lipinski definition) is 1. The average Bonchev–Trinajstić information content (AvgIpc) is 2.15. The summed E-state index contributed by atoms with van der Waals surface area (Å²) in [6, 6.07) is 6.74. The minimum atomic E-state index is 0.977. The third-order valence-electron chi connectivity index (χ3n) is 1.09. The molecule has 39 valence electrons. The molecule has 2 nitrogen and oxygen atoms in total. The maximum atomic E-state index is 4.92. The molecular formula is C6H4NO. The van der Waals surface area contributed by atoms with Crippen molar-refractivity contribution < 1.29 is 4.52 Å². The summed E-state index contributed by atoms with van der Waals surface area (Å²) in [5.41, 5.74) is 0.977. The first-order valence-electron chi connectivity index (χ1n) is 2.39. The van der Waals surface area contributed by atoms with E-state index in [1.165, 1.54) is 6.26 Å². The van der Waals surface area contributed by atoms with Crippen LogP contribution in [0.5, 0.6) is 0 Å². The van der Waals surface area contributed by atoms with Gasteiger partial charge in [-0.2, -0.15) is 4.57 Å². The Morgan fingerprint density at radius 1 is 1.62 bits per heavy atom. The van der Waals surface area contributed by atoms with E-state index in [1.807, 2.05) is 18.3 Å². The highest BCUT2D eigenvalue weighted by atomic mass is 16.5.